The molecule has 4 nitrogen and oxygen atoms in total. The number of esters is 1. The zero-order valence-corrected chi connectivity index (χ0v) is 9.04. The molecule has 0 atom stereocenters. The average molecular weight is 202 g/mol. The average Bonchev–Trinajstić information content (AvgIpc) is 2.09. The highest BCUT2D eigenvalue weighted by Crippen LogP contribution is 2.15. The van der Waals surface area contributed by atoms with Crippen molar-refractivity contribution in [2.45, 2.75) is 33.6 Å². The maximum absolute atomic E-state index is 11.2. The number of rotatable bonds is 6. The lowest BCUT2D eigenvalue weighted by molar-refractivity contribution is -0.153. The van der Waals surface area contributed by atoms with E-state index in [0.29, 0.717) is 19.7 Å². The van der Waals surface area contributed by atoms with Gasteiger partial charge in [0.2, 0.25) is 0 Å². The van der Waals surface area contributed by atoms with Crippen LogP contribution in [-0.2, 0) is 19.1 Å². The second-order valence-electron chi connectivity index (χ2n) is 4.06. The van der Waals surface area contributed by atoms with Gasteiger partial charge in [-0.15, -0.1) is 0 Å². The van der Waals surface area contributed by atoms with E-state index in [-0.39, 0.29) is 5.97 Å². The van der Waals surface area contributed by atoms with Crippen LogP contribution >= 0.6 is 0 Å². The summed E-state index contributed by atoms with van der Waals surface area (Å²) in [5.74, 6) is -0.200. The van der Waals surface area contributed by atoms with Crippen LogP contribution in [0.5, 0.6) is 0 Å². The molecule has 0 spiro atoms. The third kappa shape index (κ3) is 6.46. The smallest absolute Gasteiger partial charge is 0.311 e. The molecule has 0 saturated heterocycles. The van der Waals surface area contributed by atoms with Gasteiger partial charge in [0.05, 0.1) is 18.6 Å². The normalized spacial score (nSPS) is 10.8. The second-order valence-corrected chi connectivity index (χ2v) is 4.06. The van der Waals surface area contributed by atoms with Crippen molar-refractivity contribution in [2.24, 2.45) is 5.41 Å². The minimum absolute atomic E-state index is 0.200. The highest BCUT2D eigenvalue weighted by atomic mass is 16.5. The number of carbonyl (C=O) groups excluding carboxylic acids is 2. The Morgan fingerprint density at radius 3 is 2.29 bits per heavy atom. The van der Waals surface area contributed by atoms with Gasteiger partial charge in [-0.25, -0.2) is 0 Å². The molecule has 0 radical (unpaired) electrons. The number of carbonyl (C=O) groups is 2. The highest BCUT2D eigenvalue weighted by molar-refractivity contribution is 5.75. The third-order valence-electron chi connectivity index (χ3n) is 1.57. The predicted molar refractivity (Wildman–Crippen MR) is 51.7 cm³/mol. The van der Waals surface area contributed by atoms with Crippen molar-refractivity contribution >= 4 is 12.4 Å². The standard InChI is InChI=1S/C10H18O4/c1-10(2,3)9(12)14-7-5-4-6-13-8-11/h8H,4-7H2,1-3H3. The van der Waals surface area contributed by atoms with Crippen LogP contribution in [0.3, 0.4) is 0 Å². The van der Waals surface area contributed by atoms with Crippen LogP contribution in [0.4, 0.5) is 0 Å². The Hall–Kier alpha value is -1.06. The number of unbranched alkanes of at least 4 members (excludes halogenated alkanes) is 1. The molecule has 0 aliphatic rings. The van der Waals surface area contributed by atoms with E-state index >= 15 is 0 Å². The molecule has 0 unspecified atom stereocenters. The maximum Gasteiger partial charge on any atom is 0.311 e. The maximum atomic E-state index is 11.2. The molecule has 0 heterocycles. The van der Waals surface area contributed by atoms with Gasteiger partial charge < -0.3 is 9.47 Å². The molecule has 14 heavy (non-hydrogen) atoms. The summed E-state index contributed by atoms with van der Waals surface area (Å²) in [6.45, 7) is 6.62. The Bertz CT molecular complexity index is 181. The molecule has 4 heteroatoms. The van der Waals surface area contributed by atoms with Crippen molar-refractivity contribution in [1.82, 2.24) is 0 Å². The van der Waals surface area contributed by atoms with Crippen LogP contribution in [0.15, 0.2) is 0 Å². The fourth-order valence-electron chi connectivity index (χ4n) is 0.717. The summed E-state index contributed by atoms with van der Waals surface area (Å²) in [4.78, 5) is 21.0. The SMILES string of the molecule is CC(C)(C)C(=O)OCCCCOC=O. The first-order valence-electron chi connectivity index (χ1n) is 4.71. The molecule has 82 valence electrons. The molecule has 0 aliphatic heterocycles. The van der Waals surface area contributed by atoms with E-state index in [1.54, 1.807) is 0 Å². The minimum Gasteiger partial charge on any atom is -0.468 e. The molecule has 0 N–H and O–H groups in total. The minimum atomic E-state index is -0.445. The lowest BCUT2D eigenvalue weighted by atomic mass is 9.97. The summed E-state index contributed by atoms with van der Waals surface area (Å²) >= 11 is 0. The summed E-state index contributed by atoms with van der Waals surface area (Å²) in [5, 5.41) is 0. The summed E-state index contributed by atoms with van der Waals surface area (Å²) in [6, 6.07) is 0. The van der Waals surface area contributed by atoms with Gasteiger partial charge in [0, 0.05) is 0 Å². The molecule has 0 aromatic rings. The first kappa shape index (κ1) is 12.9. The molecule has 0 aliphatic carbocycles. The largest absolute Gasteiger partial charge is 0.468 e. The third-order valence-corrected chi connectivity index (χ3v) is 1.57. The fourth-order valence-corrected chi connectivity index (χ4v) is 0.717. The number of ether oxygens (including phenoxy) is 2. The van der Waals surface area contributed by atoms with Gasteiger partial charge >= 0.3 is 5.97 Å². The van der Waals surface area contributed by atoms with E-state index < -0.39 is 5.41 Å². The summed E-state index contributed by atoms with van der Waals surface area (Å²) in [7, 11) is 0. The Balaban J connectivity index is 3.37. The van der Waals surface area contributed by atoms with Crippen LogP contribution in [0.25, 0.3) is 0 Å². The Labute approximate surface area is 84.6 Å². The molecular formula is C10H18O4. The summed E-state index contributed by atoms with van der Waals surface area (Å²) in [5.41, 5.74) is -0.445. The Morgan fingerprint density at radius 1 is 1.21 bits per heavy atom. The molecule has 0 amide bonds. The van der Waals surface area contributed by atoms with Gasteiger partial charge in [-0.2, -0.15) is 0 Å². The van der Waals surface area contributed by atoms with Crippen molar-refractivity contribution in [3.8, 4) is 0 Å². The lowest BCUT2D eigenvalue weighted by Gasteiger charge is -2.16. The van der Waals surface area contributed by atoms with Crippen molar-refractivity contribution in [2.75, 3.05) is 13.2 Å². The van der Waals surface area contributed by atoms with Crippen molar-refractivity contribution < 1.29 is 19.1 Å². The zero-order chi connectivity index (χ0) is 11.0. The van der Waals surface area contributed by atoms with Crippen molar-refractivity contribution in [3.05, 3.63) is 0 Å². The van der Waals surface area contributed by atoms with E-state index in [1.165, 1.54) is 0 Å². The van der Waals surface area contributed by atoms with E-state index in [1.807, 2.05) is 20.8 Å². The van der Waals surface area contributed by atoms with Crippen LogP contribution in [-0.4, -0.2) is 25.7 Å². The first-order valence-corrected chi connectivity index (χ1v) is 4.71. The lowest BCUT2D eigenvalue weighted by Crippen LogP contribution is -2.23. The zero-order valence-electron chi connectivity index (χ0n) is 9.04. The molecule has 0 rings (SSSR count). The van der Waals surface area contributed by atoms with Gasteiger partial charge in [0.15, 0.2) is 0 Å². The number of hydrogen-bond acceptors (Lipinski definition) is 4. The van der Waals surface area contributed by atoms with Crippen molar-refractivity contribution in [3.63, 3.8) is 0 Å². The monoisotopic (exact) mass is 202 g/mol. The van der Waals surface area contributed by atoms with Crippen LogP contribution in [0.2, 0.25) is 0 Å². The van der Waals surface area contributed by atoms with Crippen LogP contribution < -0.4 is 0 Å². The van der Waals surface area contributed by atoms with E-state index in [4.69, 9.17) is 4.74 Å². The highest BCUT2D eigenvalue weighted by Gasteiger charge is 2.22. The molecule has 0 aromatic carbocycles. The second kappa shape index (κ2) is 6.40. The van der Waals surface area contributed by atoms with Gasteiger partial charge in [-0.1, -0.05) is 0 Å². The molecule has 0 saturated carbocycles. The summed E-state index contributed by atoms with van der Waals surface area (Å²) in [6.07, 6.45) is 1.44. The Morgan fingerprint density at radius 2 is 1.79 bits per heavy atom. The van der Waals surface area contributed by atoms with Gasteiger partial charge in [0.1, 0.15) is 0 Å². The van der Waals surface area contributed by atoms with Gasteiger partial charge in [-0.05, 0) is 33.6 Å². The molecule has 0 fully saturated rings. The molecular weight excluding hydrogens is 184 g/mol. The first-order chi connectivity index (χ1) is 6.48. The van der Waals surface area contributed by atoms with Crippen LogP contribution in [0.1, 0.15) is 33.6 Å². The van der Waals surface area contributed by atoms with E-state index in [0.717, 1.165) is 12.8 Å². The molecule has 0 aromatic heterocycles. The van der Waals surface area contributed by atoms with E-state index in [9.17, 15) is 9.59 Å². The summed E-state index contributed by atoms with van der Waals surface area (Å²) < 4.78 is 9.49. The van der Waals surface area contributed by atoms with Crippen molar-refractivity contribution in [1.29, 1.82) is 0 Å². The predicted octanol–water partition coefficient (Wildman–Crippen LogP) is 1.53. The Kier molecular flexibility index (Phi) is 5.92. The topological polar surface area (TPSA) is 52.6 Å². The van der Waals surface area contributed by atoms with Crippen LogP contribution in [0, 0.1) is 5.41 Å². The fraction of sp³-hybridized carbons (Fsp3) is 0.800. The number of hydrogen-bond donors (Lipinski definition) is 0. The van der Waals surface area contributed by atoms with E-state index in [2.05, 4.69) is 4.74 Å². The van der Waals surface area contributed by atoms with Gasteiger partial charge in [-0.3, -0.25) is 9.59 Å². The van der Waals surface area contributed by atoms with Gasteiger partial charge in [0.25, 0.3) is 6.47 Å². The quantitative estimate of drug-likeness (QED) is 0.372. The molecule has 0 bridgehead atoms.